The van der Waals surface area contributed by atoms with Gasteiger partial charge in [0.25, 0.3) is 5.91 Å². The van der Waals surface area contributed by atoms with E-state index >= 15 is 0 Å². The minimum Gasteiger partial charge on any atom is -0.493 e. The Morgan fingerprint density at radius 3 is 2.71 bits per heavy atom. The SMILES string of the molecule is COc1ccc(C(=O)N2CCC[C@@H]2CC(=O)c2cnn(C)c2)cc1OC(F)F. The fourth-order valence-electron chi connectivity index (χ4n) is 3.38. The number of methoxy groups -OCH3 is 1. The number of aromatic nitrogens is 2. The van der Waals surface area contributed by atoms with E-state index < -0.39 is 6.61 Å². The first-order valence-corrected chi connectivity index (χ1v) is 8.84. The zero-order chi connectivity index (χ0) is 20.3. The number of aryl methyl sites for hydroxylation is 1. The molecule has 2 aromatic rings. The van der Waals surface area contributed by atoms with Gasteiger partial charge < -0.3 is 14.4 Å². The summed E-state index contributed by atoms with van der Waals surface area (Å²) in [7, 11) is 3.06. The van der Waals surface area contributed by atoms with Crippen LogP contribution >= 0.6 is 0 Å². The summed E-state index contributed by atoms with van der Waals surface area (Å²) < 4.78 is 36.2. The van der Waals surface area contributed by atoms with Crippen LogP contribution in [0, 0.1) is 0 Å². The van der Waals surface area contributed by atoms with Gasteiger partial charge in [-0.3, -0.25) is 14.3 Å². The zero-order valence-corrected chi connectivity index (χ0v) is 15.6. The number of ketones is 1. The van der Waals surface area contributed by atoms with Gasteiger partial charge in [-0.05, 0) is 31.0 Å². The molecule has 1 atom stereocenters. The third-order valence-corrected chi connectivity index (χ3v) is 4.71. The number of halogens is 2. The standard InChI is InChI=1S/C19H21F2N3O4/c1-23-11-13(10-22-23)15(25)9-14-4-3-7-24(14)18(26)12-5-6-16(27-2)17(8-12)28-19(20)21/h5-6,8,10-11,14,19H,3-4,7,9H2,1-2H3/t14-/m1/s1. The Hall–Kier alpha value is -2.97. The monoisotopic (exact) mass is 393 g/mol. The Balaban J connectivity index is 1.76. The van der Waals surface area contributed by atoms with Crippen LogP contribution in [0.4, 0.5) is 8.78 Å². The molecule has 1 saturated heterocycles. The molecular formula is C19H21F2N3O4. The fourth-order valence-corrected chi connectivity index (χ4v) is 3.38. The maximum Gasteiger partial charge on any atom is 0.387 e. The summed E-state index contributed by atoms with van der Waals surface area (Å²) >= 11 is 0. The lowest BCUT2D eigenvalue weighted by Crippen LogP contribution is -2.36. The average Bonchev–Trinajstić information content (AvgIpc) is 3.29. The molecule has 7 nitrogen and oxygen atoms in total. The second-order valence-corrected chi connectivity index (χ2v) is 6.57. The summed E-state index contributed by atoms with van der Waals surface area (Å²) in [5.41, 5.74) is 0.705. The molecule has 0 spiro atoms. The number of hydrogen-bond acceptors (Lipinski definition) is 5. The highest BCUT2D eigenvalue weighted by molar-refractivity contribution is 5.98. The van der Waals surface area contributed by atoms with E-state index in [1.807, 2.05) is 0 Å². The van der Waals surface area contributed by atoms with Crippen LogP contribution in [-0.4, -0.2) is 52.7 Å². The fraction of sp³-hybridized carbons (Fsp3) is 0.421. The number of benzene rings is 1. The number of ether oxygens (including phenoxy) is 2. The highest BCUT2D eigenvalue weighted by Crippen LogP contribution is 2.31. The Labute approximate surface area is 160 Å². The second-order valence-electron chi connectivity index (χ2n) is 6.57. The van der Waals surface area contributed by atoms with Gasteiger partial charge in [0.1, 0.15) is 0 Å². The van der Waals surface area contributed by atoms with Crippen LogP contribution in [0.5, 0.6) is 11.5 Å². The van der Waals surface area contributed by atoms with Crippen molar-refractivity contribution in [3.8, 4) is 11.5 Å². The van der Waals surface area contributed by atoms with Crippen molar-refractivity contribution in [1.29, 1.82) is 0 Å². The van der Waals surface area contributed by atoms with Crippen LogP contribution in [0.15, 0.2) is 30.6 Å². The zero-order valence-electron chi connectivity index (χ0n) is 15.6. The lowest BCUT2D eigenvalue weighted by atomic mass is 10.0. The lowest BCUT2D eigenvalue weighted by molar-refractivity contribution is -0.0512. The Kier molecular flexibility index (Phi) is 5.91. The molecule has 0 radical (unpaired) electrons. The van der Waals surface area contributed by atoms with Crippen molar-refractivity contribution >= 4 is 11.7 Å². The highest BCUT2D eigenvalue weighted by atomic mass is 19.3. The van der Waals surface area contributed by atoms with Gasteiger partial charge >= 0.3 is 6.61 Å². The van der Waals surface area contributed by atoms with E-state index in [1.165, 1.54) is 31.5 Å². The van der Waals surface area contributed by atoms with E-state index in [9.17, 15) is 18.4 Å². The Morgan fingerprint density at radius 2 is 2.07 bits per heavy atom. The number of hydrogen-bond donors (Lipinski definition) is 0. The molecule has 1 aliphatic heterocycles. The van der Waals surface area contributed by atoms with E-state index in [0.717, 1.165) is 6.42 Å². The summed E-state index contributed by atoms with van der Waals surface area (Å²) in [6, 6.07) is 3.90. The van der Waals surface area contributed by atoms with E-state index in [2.05, 4.69) is 9.84 Å². The summed E-state index contributed by atoms with van der Waals surface area (Å²) in [5.74, 6) is -0.510. The largest absolute Gasteiger partial charge is 0.493 e. The van der Waals surface area contributed by atoms with Crippen LogP contribution in [0.1, 0.15) is 40.0 Å². The van der Waals surface area contributed by atoms with Crippen molar-refractivity contribution in [2.75, 3.05) is 13.7 Å². The number of carbonyl (C=O) groups is 2. The van der Waals surface area contributed by atoms with E-state index in [1.54, 1.807) is 22.8 Å². The Bertz CT molecular complexity index is 869. The first kappa shape index (κ1) is 19.8. The number of carbonyl (C=O) groups excluding carboxylic acids is 2. The minimum absolute atomic E-state index is 0.0887. The first-order chi connectivity index (χ1) is 13.4. The maximum atomic E-state index is 12.9. The smallest absolute Gasteiger partial charge is 0.387 e. The van der Waals surface area contributed by atoms with Gasteiger partial charge in [0.15, 0.2) is 17.3 Å². The molecule has 28 heavy (non-hydrogen) atoms. The van der Waals surface area contributed by atoms with Gasteiger partial charge in [0, 0.05) is 37.8 Å². The van der Waals surface area contributed by atoms with E-state index in [-0.39, 0.29) is 41.2 Å². The number of Topliss-reactive ketones (excluding diaryl/α,β-unsaturated/α-hetero) is 1. The van der Waals surface area contributed by atoms with Gasteiger partial charge in [-0.25, -0.2) is 0 Å². The van der Waals surface area contributed by atoms with Crippen LogP contribution in [-0.2, 0) is 7.05 Å². The second kappa shape index (κ2) is 8.37. The molecule has 0 bridgehead atoms. The molecule has 2 heterocycles. The molecule has 1 aliphatic rings. The van der Waals surface area contributed by atoms with E-state index in [4.69, 9.17) is 4.74 Å². The summed E-state index contributed by atoms with van der Waals surface area (Å²) in [6.45, 7) is -2.53. The molecule has 1 aromatic carbocycles. The van der Waals surface area contributed by atoms with Crippen molar-refractivity contribution < 1.29 is 27.8 Å². The van der Waals surface area contributed by atoms with Crippen LogP contribution in [0.2, 0.25) is 0 Å². The predicted octanol–water partition coefficient (Wildman–Crippen LogP) is 2.91. The van der Waals surface area contributed by atoms with Crippen molar-refractivity contribution in [2.45, 2.75) is 31.9 Å². The van der Waals surface area contributed by atoms with Crippen LogP contribution in [0.25, 0.3) is 0 Å². The number of nitrogens with zero attached hydrogens (tertiary/aromatic N) is 3. The van der Waals surface area contributed by atoms with Gasteiger partial charge in [-0.2, -0.15) is 13.9 Å². The molecule has 0 aliphatic carbocycles. The minimum atomic E-state index is -3.03. The number of rotatable bonds is 7. The van der Waals surface area contributed by atoms with E-state index in [0.29, 0.717) is 18.5 Å². The van der Waals surface area contributed by atoms with Crippen molar-refractivity contribution in [1.82, 2.24) is 14.7 Å². The molecule has 1 aromatic heterocycles. The highest BCUT2D eigenvalue weighted by Gasteiger charge is 2.32. The van der Waals surface area contributed by atoms with Gasteiger partial charge in [-0.15, -0.1) is 0 Å². The summed E-state index contributed by atoms with van der Waals surface area (Å²) in [5, 5.41) is 3.99. The maximum absolute atomic E-state index is 12.9. The first-order valence-electron chi connectivity index (χ1n) is 8.84. The van der Waals surface area contributed by atoms with Crippen molar-refractivity contribution in [3.05, 3.63) is 41.7 Å². The third-order valence-electron chi connectivity index (χ3n) is 4.71. The summed E-state index contributed by atoms with van der Waals surface area (Å²) in [6.07, 6.45) is 4.80. The molecule has 0 N–H and O–H groups in total. The number of amides is 1. The van der Waals surface area contributed by atoms with Gasteiger partial charge in [0.05, 0.1) is 18.9 Å². The van der Waals surface area contributed by atoms with Crippen molar-refractivity contribution in [2.24, 2.45) is 7.05 Å². The molecule has 3 rings (SSSR count). The van der Waals surface area contributed by atoms with Crippen LogP contribution in [0.3, 0.4) is 0 Å². The molecule has 0 saturated carbocycles. The molecule has 9 heteroatoms. The Morgan fingerprint density at radius 1 is 1.29 bits per heavy atom. The average molecular weight is 393 g/mol. The lowest BCUT2D eigenvalue weighted by Gasteiger charge is -2.24. The number of alkyl halides is 2. The normalized spacial score (nSPS) is 16.5. The molecular weight excluding hydrogens is 372 g/mol. The molecule has 0 unspecified atom stereocenters. The van der Waals surface area contributed by atoms with Gasteiger partial charge in [0.2, 0.25) is 0 Å². The quantitative estimate of drug-likeness (QED) is 0.677. The number of likely N-dealkylation sites (tertiary alicyclic amines) is 1. The summed E-state index contributed by atoms with van der Waals surface area (Å²) in [4.78, 5) is 27.0. The third kappa shape index (κ3) is 4.29. The van der Waals surface area contributed by atoms with Crippen LogP contribution < -0.4 is 9.47 Å². The topological polar surface area (TPSA) is 73.7 Å². The molecule has 150 valence electrons. The molecule has 1 amide bonds. The van der Waals surface area contributed by atoms with Crippen molar-refractivity contribution in [3.63, 3.8) is 0 Å². The molecule has 1 fully saturated rings. The predicted molar refractivity (Wildman–Crippen MR) is 95.8 cm³/mol. The van der Waals surface area contributed by atoms with Gasteiger partial charge in [-0.1, -0.05) is 0 Å².